The Balaban J connectivity index is 2.29. The highest BCUT2D eigenvalue weighted by atomic mass is 19.1. The summed E-state index contributed by atoms with van der Waals surface area (Å²) in [6.07, 6.45) is 0.315. The van der Waals surface area contributed by atoms with Gasteiger partial charge in [-0.15, -0.1) is 0 Å². The molecule has 0 saturated carbocycles. The summed E-state index contributed by atoms with van der Waals surface area (Å²) in [5.74, 6) is 0.0170. The van der Waals surface area contributed by atoms with E-state index in [-0.39, 0.29) is 5.91 Å². The monoisotopic (exact) mass is 221 g/mol. The van der Waals surface area contributed by atoms with Crippen LogP contribution in [0.4, 0.5) is 4.39 Å². The van der Waals surface area contributed by atoms with Gasteiger partial charge in [-0.1, -0.05) is 6.07 Å². The van der Waals surface area contributed by atoms with Crippen LogP contribution in [0.25, 0.3) is 11.0 Å². The standard InChI is InChI=1S/C12H12FNO2/c1-14(2)12(15)6-8-3-4-10-9(5-8)7-11(13)16-10/h3-5,7H,6H2,1-2H3. The number of likely N-dealkylation sites (N-methyl/N-ethyl adjacent to an activating group) is 1. The van der Waals surface area contributed by atoms with Gasteiger partial charge in [-0.3, -0.25) is 4.79 Å². The Labute approximate surface area is 92.5 Å². The van der Waals surface area contributed by atoms with Gasteiger partial charge in [0.05, 0.1) is 6.42 Å². The highest BCUT2D eigenvalue weighted by Crippen LogP contribution is 2.20. The minimum Gasteiger partial charge on any atom is -0.431 e. The van der Waals surface area contributed by atoms with Crippen molar-refractivity contribution in [1.82, 2.24) is 4.90 Å². The highest BCUT2D eigenvalue weighted by Gasteiger charge is 2.08. The maximum Gasteiger partial charge on any atom is 0.278 e. The van der Waals surface area contributed by atoms with Gasteiger partial charge in [0.1, 0.15) is 5.58 Å². The number of nitrogens with zero attached hydrogens (tertiary/aromatic N) is 1. The number of halogens is 1. The van der Waals surface area contributed by atoms with Crippen molar-refractivity contribution in [2.75, 3.05) is 14.1 Å². The van der Waals surface area contributed by atoms with E-state index in [0.29, 0.717) is 17.4 Å². The van der Waals surface area contributed by atoms with E-state index in [9.17, 15) is 9.18 Å². The van der Waals surface area contributed by atoms with Crippen LogP contribution in [0.1, 0.15) is 5.56 Å². The summed E-state index contributed by atoms with van der Waals surface area (Å²) in [5, 5.41) is 0.682. The molecule has 1 amide bonds. The number of carbonyl (C=O) groups is 1. The minimum absolute atomic E-state index is 0.0170. The van der Waals surface area contributed by atoms with Crippen molar-refractivity contribution in [3.8, 4) is 0 Å². The van der Waals surface area contributed by atoms with Crippen molar-refractivity contribution < 1.29 is 13.6 Å². The van der Waals surface area contributed by atoms with Crippen molar-refractivity contribution in [3.63, 3.8) is 0 Å². The largest absolute Gasteiger partial charge is 0.431 e. The van der Waals surface area contributed by atoms with Crippen LogP contribution in [0.2, 0.25) is 0 Å². The van der Waals surface area contributed by atoms with E-state index in [2.05, 4.69) is 0 Å². The van der Waals surface area contributed by atoms with E-state index >= 15 is 0 Å². The topological polar surface area (TPSA) is 33.5 Å². The summed E-state index contributed by atoms with van der Waals surface area (Å²) in [6.45, 7) is 0. The molecule has 0 saturated heterocycles. The molecule has 0 bridgehead atoms. The summed E-state index contributed by atoms with van der Waals surface area (Å²) < 4.78 is 17.6. The van der Waals surface area contributed by atoms with Crippen LogP contribution >= 0.6 is 0 Å². The van der Waals surface area contributed by atoms with Crippen LogP contribution in [0.3, 0.4) is 0 Å². The molecule has 0 N–H and O–H groups in total. The third kappa shape index (κ3) is 2.05. The fourth-order valence-corrected chi connectivity index (χ4v) is 1.50. The molecule has 1 aromatic carbocycles. The van der Waals surface area contributed by atoms with Crippen LogP contribution in [0.15, 0.2) is 28.7 Å². The lowest BCUT2D eigenvalue weighted by Gasteiger charge is -2.09. The average molecular weight is 221 g/mol. The highest BCUT2D eigenvalue weighted by molar-refractivity contribution is 5.82. The van der Waals surface area contributed by atoms with Crippen molar-refractivity contribution in [2.45, 2.75) is 6.42 Å². The van der Waals surface area contributed by atoms with Gasteiger partial charge in [0.15, 0.2) is 0 Å². The quantitative estimate of drug-likeness (QED) is 0.779. The molecule has 0 aliphatic heterocycles. The fourth-order valence-electron chi connectivity index (χ4n) is 1.50. The van der Waals surface area contributed by atoms with E-state index in [0.717, 1.165) is 5.56 Å². The van der Waals surface area contributed by atoms with E-state index in [1.54, 1.807) is 32.3 Å². The zero-order valence-electron chi connectivity index (χ0n) is 9.16. The fraction of sp³-hybridized carbons (Fsp3) is 0.250. The first-order valence-corrected chi connectivity index (χ1v) is 4.94. The molecule has 0 fully saturated rings. The second-order valence-electron chi connectivity index (χ2n) is 3.89. The van der Waals surface area contributed by atoms with Gasteiger partial charge in [-0.2, -0.15) is 4.39 Å². The van der Waals surface area contributed by atoms with Gasteiger partial charge in [0.2, 0.25) is 5.91 Å². The first-order valence-electron chi connectivity index (χ1n) is 4.94. The summed E-state index contributed by atoms with van der Waals surface area (Å²) in [4.78, 5) is 13.0. The Kier molecular flexibility index (Phi) is 2.64. The second kappa shape index (κ2) is 3.96. The molecular formula is C12H12FNO2. The Morgan fingerprint density at radius 3 is 2.81 bits per heavy atom. The summed E-state index contributed by atoms with van der Waals surface area (Å²) in [5.41, 5.74) is 1.35. The first-order chi connectivity index (χ1) is 7.56. The molecule has 2 aromatic rings. The molecule has 84 valence electrons. The van der Waals surface area contributed by atoms with E-state index in [1.807, 2.05) is 0 Å². The predicted octanol–water partition coefficient (Wildman–Crippen LogP) is 2.20. The third-order valence-corrected chi connectivity index (χ3v) is 2.40. The van der Waals surface area contributed by atoms with Crippen LogP contribution in [-0.4, -0.2) is 24.9 Å². The number of hydrogen-bond donors (Lipinski definition) is 0. The number of fused-ring (bicyclic) bond motifs is 1. The predicted molar refractivity (Wildman–Crippen MR) is 58.6 cm³/mol. The Hall–Kier alpha value is -1.84. The SMILES string of the molecule is CN(C)C(=O)Cc1ccc2oc(F)cc2c1. The molecule has 1 heterocycles. The van der Waals surface area contributed by atoms with Crippen molar-refractivity contribution in [3.05, 3.63) is 35.8 Å². The van der Waals surface area contributed by atoms with Crippen LogP contribution in [0, 0.1) is 6.01 Å². The number of carbonyl (C=O) groups excluding carboxylic acids is 1. The molecule has 4 heteroatoms. The summed E-state index contributed by atoms with van der Waals surface area (Å²) in [6, 6.07) is 5.93. The average Bonchev–Trinajstić information content (AvgIpc) is 2.57. The number of hydrogen-bond acceptors (Lipinski definition) is 2. The lowest BCUT2D eigenvalue weighted by Crippen LogP contribution is -2.23. The van der Waals surface area contributed by atoms with Crippen molar-refractivity contribution in [2.24, 2.45) is 0 Å². The molecule has 2 rings (SSSR count). The minimum atomic E-state index is -0.605. The van der Waals surface area contributed by atoms with Gasteiger partial charge < -0.3 is 9.32 Å². The Morgan fingerprint density at radius 2 is 2.12 bits per heavy atom. The first kappa shape index (κ1) is 10.7. The van der Waals surface area contributed by atoms with E-state index in [4.69, 9.17) is 4.42 Å². The molecule has 0 aliphatic carbocycles. The maximum absolute atomic E-state index is 12.8. The van der Waals surface area contributed by atoms with Crippen LogP contribution < -0.4 is 0 Å². The van der Waals surface area contributed by atoms with Gasteiger partial charge in [0.25, 0.3) is 6.01 Å². The van der Waals surface area contributed by atoms with Crippen LogP contribution in [-0.2, 0) is 11.2 Å². The Bertz CT molecular complexity index is 531. The number of furan rings is 1. The van der Waals surface area contributed by atoms with Gasteiger partial charge in [-0.25, -0.2) is 0 Å². The van der Waals surface area contributed by atoms with Gasteiger partial charge in [-0.05, 0) is 17.7 Å². The van der Waals surface area contributed by atoms with Gasteiger partial charge >= 0.3 is 0 Å². The second-order valence-corrected chi connectivity index (χ2v) is 3.89. The Morgan fingerprint density at radius 1 is 1.38 bits per heavy atom. The molecule has 0 spiro atoms. The molecule has 1 aromatic heterocycles. The third-order valence-electron chi connectivity index (χ3n) is 2.40. The molecule has 0 atom stereocenters. The zero-order valence-corrected chi connectivity index (χ0v) is 9.16. The van der Waals surface area contributed by atoms with Gasteiger partial charge in [0, 0.05) is 25.5 Å². The molecular weight excluding hydrogens is 209 g/mol. The lowest BCUT2D eigenvalue weighted by atomic mass is 10.1. The van der Waals surface area contributed by atoms with E-state index < -0.39 is 6.01 Å². The smallest absolute Gasteiger partial charge is 0.278 e. The lowest BCUT2D eigenvalue weighted by molar-refractivity contribution is -0.127. The zero-order chi connectivity index (χ0) is 11.7. The molecule has 3 nitrogen and oxygen atoms in total. The molecule has 0 radical (unpaired) electrons. The molecule has 16 heavy (non-hydrogen) atoms. The molecule has 0 unspecified atom stereocenters. The maximum atomic E-state index is 12.8. The number of benzene rings is 1. The summed E-state index contributed by atoms with van der Waals surface area (Å²) in [7, 11) is 3.41. The number of rotatable bonds is 2. The molecule has 0 aliphatic rings. The van der Waals surface area contributed by atoms with E-state index in [1.165, 1.54) is 11.0 Å². The van der Waals surface area contributed by atoms with Crippen molar-refractivity contribution in [1.29, 1.82) is 0 Å². The van der Waals surface area contributed by atoms with Crippen molar-refractivity contribution >= 4 is 16.9 Å². The summed E-state index contributed by atoms with van der Waals surface area (Å²) >= 11 is 0. The van der Waals surface area contributed by atoms with Crippen LogP contribution in [0.5, 0.6) is 0 Å². The normalized spacial score (nSPS) is 10.7. The number of amides is 1.